The summed E-state index contributed by atoms with van der Waals surface area (Å²) in [5, 5.41) is 7.49. The highest BCUT2D eigenvalue weighted by Crippen LogP contribution is 2.37. The van der Waals surface area contributed by atoms with E-state index in [1.807, 2.05) is 30.3 Å². The van der Waals surface area contributed by atoms with E-state index in [9.17, 15) is 0 Å². The largest absolute Gasteiger partial charge is 0.309 e. The Hall–Kier alpha value is -6.91. The first-order valence-corrected chi connectivity index (χ1v) is 17.2. The maximum absolute atomic E-state index is 5.04. The standard InChI is InChI=1S/C47H30N4/c1-2-12-34(13-3-1)45-48-46(35-21-18-32(19-22-35)38-23-20-31-10-4-5-14-37(31)30-38)50-47(49-45)36-24-27-39(28-25-36)51-42-17-9-8-16-41(42)44-40-15-7-6-11-33(40)26-29-43(44)51/h1-30H. The number of aromatic nitrogens is 4. The van der Waals surface area contributed by atoms with Crippen LogP contribution in [0, 0.1) is 0 Å². The van der Waals surface area contributed by atoms with E-state index >= 15 is 0 Å². The summed E-state index contributed by atoms with van der Waals surface area (Å²) in [5.74, 6) is 1.92. The Morgan fingerprint density at radius 2 is 0.824 bits per heavy atom. The van der Waals surface area contributed by atoms with Gasteiger partial charge in [-0.2, -0.15) is 0 Å². The topological polar surface area (TPSA) is 43.6 Å². The van der Waals surface area contributed by atoms with Gasteiger partial charge in [-0.05, 0) is 75.1 Å². The van der Waals surface area contributed by atoms with E-state index < -0.39 is 0 Å². The van der Waals surface area contributed by atoms with Crippen LogP contribution >= 0.6 is 0 Å². The van der Waals surface area contributed by atoms with Gasteiger partial charge in [-0.1, -0.05) is 140 Å². The molecule has 0 saturated heterocycles. The Bertz CT molecular complexity index is 2890. The summed E-state index contributed by atoms with van der Waals surface area (Å²) in [6.45, 7) is 0. The molecule has 0 aliphatic carbocycles. The lowest BCUT2D eigenvalue weighted by atomic mass is 10.00. The van der Waals surface area contributed by atoms with Crippen LogP contribution in [0.2, 0.25) is 0 Å². The van der Waals surface area contributed by atoms with Gasteiger partial charge in [0.15, 0.2) is 17.5 Å². The molecule has 0 amide bonds. The molecule has 0 bridgehead atoms. The number of fused-ring (bicyclic) bond motifs is 6. The molecule has 4 heteroatoms. The summed E-state index contributed by atoms with van der Waals surface area (Å²) in [4.78, 5) is 15.0. The predicted molar refractivity (Wildman–Crippen MR) is 211 cm³/mol. The lowest BCUT2D eigenvalue weighted by Crippen LogP contribution is -2.00. The second kappa shape index (κ2) is 11.9. The molecule has 0 radical (unpaired) electrons. The van der Waals surface area contributed by atoms with Gasteiger partial charge < -0.3 is 4.57 Å². The molecule has 238 valence electrons. The van der Waals surface area contributed by atoms with Crippen LogP contribution in [-0.2, 0) is 0 Å². The van der Waals surface area contributed by atoms with Crippen LogP contribution in [-0.4, -0.2) is 19.5 Å². The molecule has 10 aromatic rings. The molecule has 0 aliphatic heterocycles. The van der Waals surface area contributed by atoms with Crippen molar-refractivity contribution in [1.29, 1.82) is 0 Å². The van der Waals surface area contributed by atoms with E-state index in [0.29, 0.717) is 17.5 Å². The average Bonchev–Trinajstić information content (AvgIpc) is 3.56. The fourth-order valence-electron chi connectivity index (χ4n) is 7.31. The van der Waals surface area contributed by atoms with Crippen molar-refractivity contribution in [3.8, 4) is 51.0 Å². The van der Waals surface area contributed by atoms with Gasteiger partial charge in [0.05, 0.1) is 11.0 Å². The zero-order chi connectivity index (χ0) is 33.7. The first kappa shape index (κ1) is 29.0. The average molecular weight is 651 g/mol. The highest BCUT2D eigenvalue weighted by atomic mass is 15.0. The minimum atomic E-state index is 0.636. The quantitative estimate of drug-likeness (QED) is 0.186. The zero-order valence-electron chi connectivity index (χ0n) is 27.6. The number of benzene rings is 8. The van der Waals surface area contributed by atoms with Crippen molar-refractivity contribution < 1.29 is 0 Å². The fraction of sp³-hybridized carbons (Fsp3) is 0. The van der Waals surface area contributed by atoms with Crippen molar-refractivity contribution in [2.45, 2.75) is 0 Å². The zero-order valence-corrected chi connectivity index (χ0v) is 27.6. The Balaban J connectivity index is 1.06. The molecule has 0 N–H and O–H groups in total. The molecular formula is C47H30N4. The highest BCUT2D eigenvalue weighted by molar-refractivity contribution is 6.21. The van der Waals surface area contributed by atoms with Crippen molar-refractivity contribution in [3.05, 3.63) is 182 Å². The lowest BCUT2D eigenvalue weighted by Gasteiger charge is -2.11. The van der Waals surface area contributed by atoms with E-state index in [2.05, 4.69) is 156 Å². The van der Waals surface area contributed by atoms with Crippen LogP contribution in [0.1, 0.15) is 0 Å². The predicted octanol–water partition coefficient (Wildman–Crippen LogP) is 11.9. The van der Waals surface area contributed by atoms with Crippen LogP contribution in [0.15, 0.2) is 182 Å². The maximum Gasteiger partial charge on any atom is 0.164 e. The summed E-state index contributed by atoms with van der Waals surface area (Å²) in [5.41, 5.74) is 8.59. The van der Waals surface area contributed by atoms with Crippen LogP contribution < -0.4 is 0 Å². The van der Waals surface area contributed by atoms with Gasteiger partial charge in [0.25, 0.3) is 0 Å². The molecule has 0 atom stereocenters. The first-order valence-electron chi connectivity index (χ1n) is 17.2. The molecule has 0 saturated carbocycles. The maximum atomic E-state index is 5.04. The van der Waals surface area contributed by atoms with Crippen molar-refractivity contribution in [2.75, 3.05) is 0 Å². The Morgan fingerprint density at radius 3 is 1.55 bits per heavy atom. The third-order valence-electron chi connectivity index (χ3n) is 9.84. The minimum Gasteiger partial charge on any atom is -0.309 e. The number of hydrogen-bond donors (Lipinski definition) is 0. The fourth-order valence-corrected chi connectivity index (χ4v) is 7.31. The van der Waals surface area contributed by atoms with Crippen LogP contribution in [0.4, 0.5) is 0 Å². The SMILES string of the molecule is c1ccc(-c2nc(-c3ccc(-c4ccc5ccccc5c4)cc3)nc(-c3ccc(-n4c5ccccc5c5c6ccccc6ccc54)cc3)n2)cc1. The second-order valence-corrected chi connectivity index (χ2v) is 12.9. The van der Waals surface area contributed by atoms with E-state index in [4.69, 9.17) is 15.0 Å². The number of para-hydroxylation sites is 1. The minimum absolute atomic E-state index is 0.636. The summed E-state index contributed by atoms with van der Waals surface area (Å²) in [6, 6.07) is 64.0. The van der Waals surface area contributed by atoms with Crippen LogP contribution in [0.25, 0.3) is 94.3 Å². The monoisotopic (exact) mass is 650 g/mol. The molecular weight excluding hydrogens is 621 g/mol. The van der Waals surface area contributed by atoms with Crippen molar-refractivity contribution in [3.63, 3.8) is 0 Å². The summed E-state index contributed by atoms with van der Waals surface area (Å²) in [6.07, 6.45) is 0. The molecule has 4 nitrogen and oxygen atoms in total. The molecule has 2 aromatic heterocycles. The lowest BCUT2D eigenvalue weighted by molar-refractivity contribution is 1.07. The Morgan fingerprint density at radius 1 is 0.314 bits per heavy atom. The normalized spacial score (nSPS) is 11.5. The van der Waals surface area contributed by atoms with E-state index in [1.54, 1.807) is 0 Å². The third-order valence-corrected chi connectivity index (χ3v) is 9.84. The van der Waals surface area contributed by atoms with Gasteiger partial charge in [0, 0.05) is 33.2 Å². The molecule has 51 heavy (non-hydrogen) atoms. The van der Waals surface area contributed by atoms with Gasteiger partial charge in [-0.3, -0.25) is 0 Å². The third kappa shape index (κ3) is 5.04. The molecule has 0 fully saturated rings. The summed E-state index contributed by atoms with van der Waals surface area (Å²) < 4.78 is 2.35. The van der Waals surface area contributed by atoms with E-state index in [-0.39, 0.29) is 0 Å². The number of nitrogens with zero attached hydrogens (tertiary/aromatic N) is 4. The van der Waals surface area contributed by atoms with Gasteiger partial charge in [0.1, 0.15) is 0 Å². The van der Waals surface area contributed by atoms with Crippen molar-refractivity contribution in [2.24, 2.45) is 0 Å². The molecule has 2 heterocycles. The van der Waals surface area contributed by atoms with Gasteiger partial charge in [0.2, 0.25) is 0 Å². The van der Waals surface area contributed by atoms with Gasteiger partial charge >= 0.3 is 0 Å². The first-order chi connectivity index (χ1) is 25.3. The summed E-state index contributed by atoms with van der Waals surface area (Å²) >= 11 is 0. The molecule has 0 spiro atoms. The van der Waals surface area contributed by atoms with E-state index in [0.717, 1.165) is 27.9 Å². The number of hydrogen-bond acceptors (Lipinski definition) is 3. The molecule has 8 aromatic carbocycles. The van der Waals surface area contributed by atoms with E-state index in [1.165, 1.54) is 48.9 Å². The van der Waals surface area contributed by atoms with Gasteiger partial charge in [-0.15, -0.1) is 0 Å². The van der Waals surface area contributed by atoms with Crippen LogP contribution in [0.3, 0.4) is 0 Å². The highest BCUT2D eigenvalue weighted by Gasteiger charge is 2.16. The van der Waals surface area contributed by atoms with Gasteiger partial charge in [-0.25, -0.2) is 15.0 Å². The Labute approximate surface area is 295 Å². The van der Waals surface area contributed by atoms with Crippen molar-refractivity contribution >= 4 is 43.4 Å². The smallest absolute Gasteiger partial charge is 0.164 e. The van der Waals surface area contributed by atoms with Crippen LogP contribution in [0.5, 0.6) is 0 Å². The molecule has 0 unspecified atom stereocenters. The van der Waals surface area contributed by atoms with Crippen molar-refractivity contribution in [1.82, 2.24) is 19.5 Å². The summed E-state index contributed by atoms with van der Waals surface area (Å²) in [7, 11) is 0. The second-order valence-electron chi connectivity index (χ2n) is 12.9. The Kier molecular flexibility index (Phi) is 6.78. The molecule has 0 aliphatic rings. The number of rotatable bonds is 5. The molecule has 10 rings (SSSR count).